The number of carbonyl (C=O) groups is 1. The van der Waals surface area contributed by atoms with Crippen molar-refractivity contribution in [3.05, 3.63) is 30.0 Å². The van der Waals surface area contributed by atoms with E-state index in [0.717, 1.165) is 43.6 Å². The number of carbonyl (C=O) groups excluding carboxylic acids is 1. The minimum Gasteiger partial charge on any atom is -0.454 e. The van der Waals surface area contributed by atoms with Crippen LogP contribution in [0.25, 0.3) is 11.3 Å². The summed E-state index contributed by atoms with van der Waals surface area (Å²) in [5.74, 6) is 1.32. The van der Waals surface area contributed by atoms with Crippen LogP contribution in [0, 0.1) is 0 Å². The standard InChI is InChI=1S/C21H22F3N3O3S/c1-13-4-2-3-8-27(13)19(28)7-9-31-20-25-15(11-18(26-20)21(22,23)24)14-5-6-16-17(10-14)30-12-29-16/h5-6,10-11,13H,2-4,7-9,12H2,1H3/t13-/m0/s1. The summed E-state index contributed by atoms with van der Waals surface area (Å²) in [6.07, 6.45) is -1.30. The highest BCUT2D eigenvalue weighted by molar-refractivity contribution is 7.99. The van der Waals surface area contributed by atoms with Crippen LogP contribution < -0.4 is 9.47 Å². The molecule has 3 heterocycles. The number of fused-ring (bicyclic) bond motifs is 1. The van der Waals surface area contributed by atoms with E-state index in [9.17, 15) is 18.0 Å². The fraction of sp³-hybridized carbons (Fsp3) is 0.476. The monoisotopic (exact) mass is 453 g/mol. The van der Waals surface area contributed by atoms with Crippen LogP contribution in [-0.2, 0) is 11.0 Å². The van der Waals surface area contributed by atoms with Gasteiger partial charge in [-0.3, -0.25) is 4.79 Å². The number of hydrogen-bond acceptors (Lipinski definition) is 6. The molecule has 0 aliphatic carbocycles. The molecule has 10 heteroatoms. The SMILES string of the molecule is C[C@H]1CCCCN1C(=O)CCSc1nc(-c2ccc3c(c2)OCO3)cc(C(F)(F)F)n1. The second kappa shape index (κ2) is 8.94. The van der Waals surface area contributed by atoms with Crippen LogP contribution in [0.4, 0.5) is 13.2 Å². The van der Waals surface area contributed by atoms with Gasteiger partial charge in [0.2, 0.25) is 12.7 Å². The number of halogens is 3. The van der Waals surface area contributed by atoms with Gasteiger partial charge in [0.1, 0.15) is 5.69 Å². The second-order valence-electron chi connectivity index (χ2n) is 7.52. The number of aromatic nitrogens is 2. The van der Waals surface area contributed by atoms with Crippen molar-refractivity contribution in [2.45, 2.75) is 50.0 Å². The molecule has 2 aliphatic heterocycles. The maximum Gasteiger partial charge on any atom is 0.433 e. The summed E-state index contributed by atoms with van der Waals surface area (Å²) in [6.45, 7) is 2.83. The number of likely N-dealkylation sites (tertiary alicyclic amines) is 1. The molecule has 1 aromatic carbocycles. The lowest BCUT2D eigenvalue weighted by atomic mass is 10.0. The topological polar surface area (TPSA) is 64.6 Å². The van der Waals surface area contributed by atoms with E-state index in [-0.39, 0.29) is 36.0 Å². The summed E-state index contributed by atoms with van der Waals surface area (Å²) in [6, 6.07) is 5.99. The number of amides is 1. The minimum atomic E-state index is -4.61. The molecule has 0 N–H and O–H groups in total. The highest BCUT2D eigenvalue weighted by Gasteiger charge is 2.34. The predicted octanol–water partition coefficient (Wildman–Crippen LogP) is 4.77. The van der Waals surface area contributed by atoms with E-state index in [1.807, 2.05) is 11.8 Å². The molecule has 2 aliphatic rings. The summed E-state index contributed by atoms with van der Waals surface area (Å²) < 4.78 is 50.8. The Balaban J connectivity index is 1.50. The van der Waals surface area contributed by atoms with Crippen molar-refractivity contribution < 1.29 is 27.4 Å². The molecule has 1 saturated heterocycles. The first-order chi connectivity index (χ1) is 14.8. The number of piperidine rings is 1. The van der Waals surface area contributed by atoms with Gasteiger partial charge in [-0.25, -0.2) is 9.97 Å². The Morgan fingerprint density at radius 2 is 2.00 bits per heavy atom. The molecule has 1 atom stereocenters. The lowest BCUT2D eigenvalue weighted by Crippen LogP contribution is -2.42. The van der Waals surface area contributed by atoms with Gasteiger partial charge >= 0.3 is 6.18 Å². The van der Waals surface area contributed by atoms with E-state index in [1.165, 1.54) is 0 Å². The van der Waals surface area contributed by atoms with Gasteiger partial charge in [-0.05, 0) is 50.5 Å². The Bertz CT molecular complexity index is 971. The van der Waals surface area contributed by atoms with Crippen molar-refractivity contribution in [1.82, 2.24) is 14.9 Å². The number of hydrogen-bond donors (Lipinski definition) is 0. The molecule has 1 amide bonds. The number of alkyl halides is 3. The number of rotatable bonds is 5. The third-order valence-electron chi connectivity index (χ3n) is 5.33. The fourth-order valence-electron chi connectivity index (χ4n) is 3.68. The second-order valence-corrected chi connectivity index (χ2v) is 8.58. The van der Waals surface area contributed by atoms with E-state index >= 15 is 0 Å². The molecule has 166 valence electrons. The van der Waals surface area contributed by atoms with Crippen LogP contribution in [0.5, 0.6) is 11.5 Å². The lowest BCUT2D eigenvalue weighted by Gasteiger charge is -2.33. The first-order valence-electron chi connectivity index (χ1n) is 10.1. The molecule has 31 heavy (non-hydrogen) atoms. The van der Waals surface area contributed by atoms with Gasteiger partial charge in [0, 0.05) is 30.3 Å². The van der Waals surface area contributed by atoms with Crippen molar-refractivity contribution in [3.8, 4) is 22.8 Å². The summed E-state index contributed by atoms with van der Waals surface area (Å²) in [5.41, 5.74) is -0.412. The summed E-state index contributed by atoms with van der Waals surface area (Å²) in [4.78, 5) is 22.3. The van der Waals surface area contributed by atoms with Gasteiger partial charge in [-0.2, -0.15) is 13.2 Å². The molecule has 1 aromatic heterocycles. The van der Waals surface area contributed by atoms with Crippen molar-refractivity contribution in [2.24, 2.45) is 0 Å². The number of ether oxygens (including phenoxy) is 2. The quantitative estimate of drug-likeness (QED) is 0.480. The van der Waals surface area contributed by atoms with Crippen LogP contribution >= 0.6 is 11.8 Å². The molecule has 0 saturated carbocycles. The summed E-state index contributed by atoms with van der Waals surface area (Å²) in [5, 5.41) is -0.0121. The van der Waals surface area contributed by atoms with Gasteiger partial charge in [0.25, 0.3) is 0 Å². The van der Waals surface area contributed by atoms with Crippen LogP contribution in [0.2, 0.25) is 0 Å². The van der Waals surface area contributed by atoms with Gasteiger partial charge in [0.05, 0.1) is 5.69 Å². The molecular formula is C21H22F3N3O3S. The average Bonchev–Trinajstić information content (AvgIpc) is 3.21. The minimum absolute atomic E-state index is 0.0121. The largest absolute Gasteiger partial charge is 0.454 e. The first-order valence-corrected chi connectivity index (χ1v) is 11.1. The van der Waals surface area contributed by atoms with E-state index in [4.69, 9.17) is 9.47 Å². The van der Waals surface area contributed by atoms with E-state index in [0.29, 0.717) is 22.8 Å². The zero-order chi connectivity index (χ0) is 22.0. The summed E-state index contributed by atoms with van der Waals surface area (Å²) >= 11 is 1.05. The van der Waals surface area contributed by atoms with Crippen molar-refractivity contribution in [3.63, 3.8) is 0 Å². The molecule has 0 radical (unpaired) electrons. The van der Waals surface area contributed by atoms with Crippen LogP contribution in [0.3, 0.4) is 0 Å². The highest BCUT2D eigenvalue weighted by atomic mass is 32.2. The van der Waals surface area contributed by atoms with Crippen LogP contribution in [0.15, 0.2) is 29.4 Å². The van der Waals surface area contributed by atoms with E-state index in [1.54, 1.807) is 18.2 Å². The van der Waals surface area contributed by atoms with E-state index < -0.39 is 11.9 Å². The van der Waals surface area contributed by atoms with Crippen LogP contribution in [-0.4, -0.2) is 45.9 Å². The number of thioether (sulfide) groups is 1. The Hall–Kier alpha value is -2.49. The Morgan fingerprint density at radius 1 is 1.19 bits per heavy atom. The van der Waals surface area contributed by atoms with Gasteiger partial charge in [0.15, 0.2) is 16.7 Å². The van der Waals surface area contributed by atoms with Gasteiger partial charge in [-0.15, -0.1) is 0 Å². The zero-order valence-electron chi connectivity index (χ0n) is 16.9. The van der Waals surface area contributed by atoms with Gasteiger partial charge < -0.3 is 14.4 Å². The van der Waals surface area contributed by atoms with Crippen molar-refractivity contribution >= 4 is 17.7 Å². The highest BCUT2D eigenvalue weighted by Crippen LogP contribution is 2.37. The number of benzene rings is 1. The Morgan fingerprint density at radius 3 is 2.77 bits per heavy atom. The average molecular weight is 453 g/mol. The Labute approximate surface area is 182 Å². The maximum atomic E-state index is 13.4. The zero-order valence-corrected chi connectivity index (χ0v) is 17.8. The normalized spacial score (nSPS) is 18.3. The molecule has 0 bridgehead atoms. The molecule has 1 fully saturated rings. The smallest absolute Gasteiger partial charge is 0.433 e. The van der Waals surface area contributed by atoms with E-state index in [2.05, 4.69) is 9.97 Å². The summed E-state index contributed by atoms with van der Waals surface area (Å²) in [7, 11) is 0. The number of nitrogens with zero attached hydrogens (tertiary/aromatic N) is 3. The predicted molar refractivity (Wildman–Crippen MR) is 109 cm³/mol. The maximum absolute atomic E-state index is 13.4. The molecule has 2 aromatic rings. The van der Waals surface area contributed by atoms with Crippen molar-refractivity contribution in [1.29, 1.82) is 0 Å². The molecule has 6 nitrogen and oxygen atoms in total. The van der Waals surface area contributed by atoms with Crippen LogP contribution in [0.1, 0.15) is 38.3 Å². The Kier molecular flexibility index (Phi) is 6.27. The fourth-order valence-corrected chi connectivity index (χ4v) is 4.47. The third kappa shape index (κ3) is 5.06. The third-order valence-corrected chi connectivity index (χ3v) is 6.18. The lowest BCUT2D eigenvalue weighted by molar-refractivity contribution is -0.141. The molecule has 0 unspecified atom stereocenters. The van der Waals surface area contributed by atoms with Gasteiger partial charge in [-0.1, -0.05) is 11.8 Å². The molecular weight excluding hydrogens is 431 g/mol. The molecule has 4 rings (SSSR count). The molecule has 0 spiro atoms. The first kappa shape index (κ1) is 21.7. The van der Waals surface area contributed by atoms with Crippen molar-refractivity contribution in [2.75, 3.05) is 19.1 Å².